The van der Waals surface area contributed by atoms with Crippen LogP contribution in [0.4, 0.5) is 0 Å². The first-order chi connectivity index (χ1) is 9.33. The molecule has 0 radical (unpaired) electrons. The number of hydrogen-bond donors (Lipinski definition) is 1. The van der Waals surface area contributed by atoms with Crippen LogP contribution < -0.4 is 14.8 Å². The first-order valence-electron chi connectivity index (χ1n) is 7.57. The van der Waals surface area contributed by atoms with Gasteiger partial charge in [0.1, 0.15) is 0 Å². The van der Waals surface area contributed by atoms with Crippen LogP contribution in [0.15, 0.2) is 18.2 Å². The standard InChI is InChI=1S/C16H21NO2/c1-2-8-16(7-1)18-14-6-5-12(11-15(14)19-16)10-13-4-3-9-17-13/h5-6,11,13,17H,1-4,7-10H2. The molecule has 3 nitrogen and oxygen atoms in total. The summed E-state index contributed by atoms with van der Waals surface area (Å²) in [5.74, 6) is 1.56. The van der Waals surface area contributed by atoms with Gasteiger partial charge in [-0.05, 0) is 56.3 Å². The van der Waals surface area contributed by atoms with Crippen LogP contribution in [-0.4, -0.2) is 18.4 Å². The average molecular weight is 259 g/mol. The fourth-order valence-corrected chi connectivity index (χ4v) is 3.60. The molecule has 4 rings (SSSR count). The summed E-state index contributed by atoms with van der Waals surface area (Å²) in [5.41, 5.74) is 1.36. The lowest BCUT2D eigenvalue weighted by Crippen LogP contribution is -2.34. The van der Waals surface area contributed by atoms with Gasteiger partial charge >= 0.3 is 0 Å². The normalized spacial score (nSPS) is 27.3. The van der Waals surface area contributed by atoms with Gasteiger partial charge in [0.05, 0.1) is 0 Å². The minimum atomic E-state index is -0.327. The maximum Gasteiger partial charge on any atom is 0.251 e. The van der Waals surface area contributed by atoms with Crippen LogP contribution in [0, 0.1) is 0 Å². The van der Waals surface area contributed by atoms with Gasteiger partial charge in [0, 0.05) is 18.9 Å². The molecule has 19 heavy (non-hydrogen) atoms. The fourth-order valence-electron chi connectivity index (χ4n) is 3.60. The third kappa shape index (κ3) is 2.10. The number of nitrogens with one attached hydrogen (secondary N) is 1. The van der Waals surface area contributed by atoms with Crippen molar-refractivity contribution in [2.45, 2.75) is 56.8 Å². The van der Waals surface area contributed by atoms with E-state index in [-0.39, 0.29) is 5.79 Å². The molecule has 102 valence electrons. The molecule has 1 atom stereocenters. The van der Waals surface area contributed by atoms with E-state index in [1.165, 1.54) is 37.8 Å². The molecular weight excluding hydrogens is 238 g/mol. The zero-order valence-electron chi connectivity index (χ0n) is 11.3. The second-order valence-corrected chi connectivity index (χ2v) is 6.10. The smallest absolute Gasteiger partial charge is 0.251 e. The Hall–Kier alpha value is -1.22. The predicted molar refractivity (Wildman–Crippen MR) is 73.6 cm³/mol. The van der Waals surface area contributed by atoms with E-state index in [1.54, 1.807) is 0 Å². The summed E-state index contributed by atoms with van der Waals surface area (Å²) >= 11 is 0. The highest BCUT2D eigenvalue weighted by molar-refractivity contribution is 5.46. The van der Waals surface area contributed by atoms with Crippen molar-refractivity contribution in [1.29, 1.82) is 0 Å². The van der Waals surface area contributed by atoms with E-state index in [4.69, 9.17) is 9.47 Å². The highest BCUT2D eigenvalue weighted by Gasteiger charge is 2.44. The Morgan fingerprint density at radius 1 is 1.11 bits per heavy atom. The van der Waals surface area contributed by atoms with Gasteiger partial charge in [-0.2, -0.15) is 0 Å². The van der Waals surface area contributed by atoms with Crippen molar-refractivity contribution in [1.82, 2.24) is 5.32 Å². The second-order valence-electron chi connectivity index (χ2n) is 6.10. The second kappa shape index (κ2) is 4.41. The van der Waals surface area contributed by atoms with E-state index in [2.05, 4.69) is 23.5 Å². The highest BCUT2D eigenvalue weighted by atomic mass is 16.7. The van der Waals surface area contributed by atoms with Crippen LogP contribution in [0.2, 0.25) is 0 Å². The van der Waals surface area contributed by atoms with Crippen molar-refractivity contribution in [2.75, 3.05) is 6.54 Å². The lowest BCUT2D eigenvalue weighted by Gasteiger charge is -2.21. The number of rotatable bonds is 2. The molecular formula is C16H21NO2. The van der Waals surface area contributed by atoms with Crippen molar-refractivity contribution in [3.8, 4) is 11.5 Å². The average Bonchev–Trinajstić information content (AvgIpc) is 3.11. The number of fused-ring (bicyclic) bond motifs is 1. The monoisotopic (exact) mass is 259 g/mol. The van der Waals surface area contributed by atoms with Crippen LogP contribution >= 0.6 is 0 Å². The molecule has 0 bridgehead atoms. The number of benzene rings is 1. The zero-order chi connectivity index (χ0) is 12.7. The highest BCUT2D eigenvalue weighted by Crippen LogP contribution is 2.46. The molecule has 1 unspecified atom stereocenters. The van der Waals surface area contributed by atoms with E-state index in [9.17, 15) is 0 Å². The first-order valence-corrected chi connectivity index (χ1v) is 7.57. The minimum absolute atomic E-state index is 0.327. The SMILES string of the molecule is c1cc2c(cc1CC1CCCN1)OC1(CCCC1)O2. The summed E-state index contributed by atoms with van der Waals surface area (Å²) in [6.07, 6.45) is 8.18. The van der Waals surface area contributed by atoms with E-state index < -0.39 is 0 Å². The van der Waals surface area contributed by atoms with Crippen LogP contribution in [0.5, 0.6) is 11.5 Å². The summed E-state index contributed by atoms with van der Waals surface area (Å²) < 4.78 is 12.2. The molecule has 2 aliphatic heterocycles. The molecule has 2 fully saturated rings. The predicted octanol–water partition coefficient (Wildman–Crippen LogP) is 3.02. The lowest BCUT2D eigenvalue weighted by atomic mass is 10.0. The van der Waals surface area contributed by atoms with Crippen LogP contribution in [0.1, 0.15) is 44.1 Å². The van der Waals surface area contributed by atoms with Crippen LogP contribution in [0.25, 0.3) is 0 Å². The van der Waals surface area contributed by atoms with Crippen molar-refractivity contribution in [2.24, 2.45) is 0 Å². The maximum atomic E-state index is 6.12. The van der Waals surface area contributed by atoms with Gasteiger partial charge in [-0.25, -0.2) is 0 Å². The maximum absolute atomic E-state index is 6.12. The molecule has 1 saturated heterocycles. The molecule has 1 aromatic rings. The van der Waals surface area contributed by atoms with Gasteiger partial charge < -0.3 is 14.8 Å². The molecule has 3 aliphatic rings. The largest absolute Gasteiger partial charge is 0.448 e. The molecule has 1 N–H and O–H groups in total. The summed E-state index contributed by atoms with van der Waals surface area (Å²) in [7, 11) is 0. The summed E-state index contributed by atoms with van der Waals surface area (Å²) in [6.45, 7) is 1.17. The summed E-state index contributed by atoms with van der Waals surface area (Å²) in [6, 6.07) is 7.10. The van der Waals surface area contributed by atoms with E-state index in [0.717, 1.165) is 30.8 Å². The van der Waals surface area contributed by atoms with E-state index >= 15 is 0 Å². The Labute approximate surface area is 114 Å². The molecule has 1 spiro atoms. The fraction of sp³-hybridized carbons (Fsp3) is 0.625. The third-order valence-electron chi connectivity index (χ3n) is 4.61. The first kappa shape index (κ1) is 11.6. The Morgan fingerprint density at radius 2 is 1.95 bits per heavy atom. The van der Waals surface area contributed by atoms with Gasteiger partial charge in [-0.15, -0.1) is 0 Å². The van der Waals surface area contributed by atoms with Crippen molar-refractivity contribution >= 4 is 0 Å². The number of ether oxygens (including phenoxy) is 2. The third-order valence-corrected chi connectivity index (χ3v) is 4.61. The van der Waals surface area contributed by atoms with E-state index in [0.29, 0.717) is 6.04 Å². The zero-order valence-corrected chi connectivity index (χ0v) is 11.3. The van der Waals surface area contributed by atoms with Crippen molar-refractivity contribution < 1.29 is 9.47 Å². The molecule has 1 aromatic carbocycles. The topological polar surface area (TPSA) is 30.5 Å². The van der Waals surface area contributed by atoms with Crippen molar-refractivity contribution in [3.63, 3.8) is 0 Å². The quantitative estimate of drug-likeness (QED) is 0.885. The van der Waals surface area contributed by atoms with Gasteiger partial charge in [0.2, 0.25) is 0 Å². The Morgan fingerprint density at radius 3 is 2.74 bits per heavy atom. The Kier molecular flexibility index (Phi) is 2.69. The van der Waals surface area contributed by atoms with Gasteiger partial charge in [0.25, 0.3) is 5.79 Å². The molecule has 1 saturated carbocycles. The van der Waals surface area contributed by atoms with Crippen LogP contribution in [0.3, 0.4) is 0 Å². The van der Waals surface area contributed by atoms with Gasteiger partial charge in [0.15, 0.2) is 11.5 Å². The minimum Gasteiger partial charge on any atom is -0.448 e. The number of hydrogen-bond acceptors (Lipinski definition) is 3. The van der Waals surface area contributed by atoms with E-state index in [1.807, 2.05) is 0 Å². The molecule has 1 aliphatic carbocycles. The molecule has 0 aromatic heterocycles. The molecule has 0 amide bonds. The Bertz CT molecular complexity index is 474. The van der Waals surface area contributed by atoms with Crippen molar-refractivity contribution in [3.05, 3.63) is 23.8 Å². The summed E-state index contributed by atoms with van der Waals surface area (Å²) in [4.78, 5) is 0. The molecule has 2 heterocycles. The summed E-state index contributed by atoms with van der Waals surface area (Å²) in [5, 5.41) is 3.55. The van der Waals surface area contributed by atoms with Gasteiger partial charge in [-0.1, -0.05) is 6.07 Å². The Balaban J connectivity index is 1.52. The van der Waals surface area contributed by atoms with Gasteiger partial charge in [-0.3, -0.25) is 0 Å². The van der Waals surface area contributed by atoms with Crippen LogP contribution in [-0.2, 0) is 6.42 Å². The molecule has 3 heteroatoms. The lowest BCUT2D eigenvalue weighted by molar-refractivity contribution is -0.0716.